The normalized spacial score (nSPS) is 21.0. The molecule has 3 aliphatic rings. The highest BCUT2D eigenvalue weighted by atomic mass is 32.2. The fourth-order valence-electron chi connectivity index (χ4n) is 3.78. The molecule has 0 aromatic heterocycles. The highest BCUT2D eigenvalue weighted by Gasteiger charge is 2.32. The SMILES string of the molecule is Cc1ccc(/C=C2\SC(N3CCN(C4=NC(=O)/C(=C/c5ccc(C)cc5)S4)CC3)=NC2=O)cc1. The molecule has 0 atom stereocenters. The molecule has 0 saturated carbocycles. The van der Waals surface area contributed by atoms with Crippen molar-refractivity contribution in [1.82, 2.24) is 9.80 Å². The third-order valence-corrected chi connectivity index (χ3v) is 7.88. The minimum atomic E-state index is -0.185. The van der Waals surface area contributed by atoms with Gasteiger partial charge in [-0.25, -0.2) is 0 Å². The van der Waals surface area contributed by atoms with E-state index in [9.17, 15) is 9.59 Å². The second-order valence-corrected chi connectivity index (χ2v) is 10.4. The standard InChI is InChI=1S/C26H24N4O2S2/c1-17-3-7-19(8-4-17)15-21-23(31)27-25(33-21)29-11-13-30(14-12-29)26-28-24(32)22(34-26)16-20-9-5-18(2)6-10-20/h3-10,15-16H,11-14H2,1-2H3/b21-15-,22-16-. The van der Waals surface area contributed by atoms with Crippen molar-refractivity contribution in [3.8, 4) is 0 Å². The van der Waals surface area contributed by atoms with Gasteiger partial charge >= 0.3 is 0 Å². The molecule has 2 aromatic carbocycles. The number of hydrogen-bond donors (Lipinski definition) is 0. The van der Waals surface area contributed by atoms with Gasteiger partial charge in [0, 0.05) is 26.2 Å². The highest BCUT2D eigenvalue weighted by Crippen LogP contribution is 2.33. The van der Waals surface area contributed by atoms with E-state index in [0.29, 0.717) is 9.81 Å². The van der Waals surface area contributed by atoms with Gasteiger partial charge in [0.1, 0.15) is 0 Å². The molecular formula is C26H24N4O2S2. The van der Waals surface area contributed by atoms with Gasteiger partial charge in [-0.05, 0) is 60.7 Å². The van der Waals surface area contributed by atoms with Gasteiger partial charge in [-0.2, -0.15) is 9.98 Å². The molecule has 34 heavy (non-hydrogen) atoms. The van der Waals surface area contributed by atoms with Crippen molar-refractivity contribution in [2.45, 2.75) is 13.8 Å². The number of amidine groups is 2. The Bertz CT molecular complexity index is 1150. The van der Waals surface area contributed by atoms with Crippen LogP contribution in [0.15, 0.2) is 68.3 Å². The van der Waals surface area contributed by atoms with E-state index >= 15 is 0 Å². The zero-order chi connectivity index (χ0) is 23.7. The van der Waals surface area contributed by atoms with Crippen LogP contribution in [0.1, 0.15) is 22.3 Å². The van der Waals surface area contributed by atoms with Crippen LogP contribution in [0.2, 0.25) is 0 Å². The van der Waals surface area contributed by atoms with Crippen molar-refractivity contribution in [2.24, 2.45) is 9.98 Å². The number of thioether (sulfide) groups is 2. The Balaban J connectivity index is 1.18. The predicted octanol–water partition coefficient (Wildman–Crippen LogP) is 4.56. The van der Waals surface area contributed by atoms with Gasteiger partial charge in [0.05, 0.1) is 9.81 Å². The molecule has 0 bridgehead atoms. The number of aliphatic imine (C=N–C) groups is 2. The lowest BCUT2D eigenvalue weighted by Gasteiger charge is -2.35. The summed E-state index contributed by atoms with van der Waals surface area (Å²) in [6.45, 7) is 6.98. The molecule has 6 nitrogen and oxygen atoms in total. The Morgan fingerprint density at radius 2 is 1.00 bits per heavy atom. The number of carbonyl (C=O) groups is 2. The fraction of sp³-hybridized carbons (Fsp3) is 0.231. The smallest absolute Gasteiger partial charge is 0.286 e. The molecule has 0 spiro atoms. The minimum absolute atomic E-state index is 0.185. The van der Waals surface area contributed by atoms with Crippen molar-refractivity contribution >= 4 is 57.8 Å². The van der Waals surface area contributed by atoms with Crippen LogP contribution in [-0.2, 0) is 9.59 Å². The van der Waals surface area contributed by atoms with Gasteiger partial charge in [-0.15, -0.1) is 0 Å². The van der Waals surface area contributed by atoms with Crippen LogP contribution >= 0.6 is 23.5 Å². The molecule has 1 fully saturated rings. The van der Waals surface area contributed by atoms with Gasteiger partial charge < -0.3 is 9.80 Å². The second kappa shape index (κ2) is 9.64. The van der Waals surface area contributed by atoms with Crippen LogP contribution in [0.3, 0.4) is 0 Å². The average Bonchev–Trinajstić information content (AvgIpc) is 3.39. The van der Waals surface area contributed by atoms with E-state index in [1.165, 1.54) is 34.7 Å². The van der Waals surface area contributed by atoms with Gasteiger partial charge in [0.2, 0.25) is 0 Å². The summed E-state index contributed by atoms with van der Waals surface area (Å²) in [5.74, 6) is -0.370. The summed E-state index contributed by atoms with van der Waals surface area (Å²) >= 11 is 2.86. The Labute approximate surface area is 207 Å². The number of benzene rings is 2. The summed E-state index contributed by atoms with van der Waals surface area (Å²) in [7, 11) is 0. The van der Waals surface area contributed by atoms with Crippen LogP contribution in [0, 0.1) is 13.8 Å². The lowest BCUT2D eigenvalue weighted by atomic mass is 10.1. The number of piperazine rings is 1. The number of aryl methyl sites for hydroxylation is 2. The lowest BCUT2D eigenvalue weighted by Crippen LogP contribution is -2.49. The van der Waals surface area contributed by atoms with Crippen molar-refractivity contribution in [1.29, 1.82) is 0 Å². The maximum Gasteiger partial charge on any atom is 0.286 e. The third kappa shape index (κ3) is 5.03. The Kier molecular flexibility index (Phi) is 6.43. The largest absolute Gasteiger partial charge is 0.347 e. The Morgan fingerprint density at radius 3 is 1.35 bits per heavy atom. The molecular weight excluding hydrogens is 464 g/mol. The van der Waals surface area contributed by atoms with E-state index in [0.717, 1.165) is 47.6 Å². The zero-order valence-electron chi connectivity index (χ0n) is 19.0. The number of carbonyl (C=O) groups excluding carboxylic acids is 2. The molecule has 0 aliphatic carbocycles. The van der Waals surface area contributed by atoms with E-state index in [-0.39, 0.29) is 11.8 Å². The van der Waals surface area contributed by atoms with Crippen LogP contribution in [-0.4, -0.2) is 58.1 Å². The lowest BCUT2D eigenvalue weighted by molar-refractivity contribution is -0.114. The van der Waals surface area contributed by atoms with Crippen molar-refractivity contribution in [2.75, 3.05) is 26.2 Å². The van der Waals surface area contributed by atoms with Crippen LogP contribution < -0.4 is 0 Å². The summed E-state index contributed by atoms with van der Waals surface area (Å²) in [4.78, 5) is 39.0. The molecule has 5 rings (SSSR count). The van der Waals surface area contributed by atoms with Gasteiger partial charge in [-0.3, -0.25) is 9.59 Å². The third-order valence-electron chi connectivity index (χ3n) is 5.79. The topological polar surface area (TPSA) is 65.3 Å². The molecule has 0 unspecified atom stereocenters. The highest BCUT2D eigenvalue weighted by molar-refractivity contribution is 8.18. The Hall–Kier alpha value is -3.10. The average molecular weight is 489 g/mol. The van der Waals surface area contributed by atoms with Gasteiger partial charge in [0.25, 0.3) is 11.8 Å². The molecule has 3 heterocycles. The first-order valence-electron chi connectivity index (χ1n) is 11.1. The Morgan fingerprint density at radius 1 is 0.647 bits per heavy atom. The number of amides is 2. The maximum absolute atomic E-state index is 12.4. The van der Waals surface area contributed by atoms with Gasteiger partial charge in [-0.1, -0.05) is 59.7 Å². The molecule has 2 amide bonds. The first kappa shape index (κ1) is 22.7. The van der Waals surface area contributed by atoms with Crippen LogP contribution in [0.5, 0.6) is 0 Å². The second-order valence-electron chi connectivity index (χ2n) is 8.42. The quantitative estimate of drug-likeness (QED) is 0.578. The van der Waals surface area contributed by atoms with E-state index in [1.54, 1.807) is 0 Å². The fourth-order valence-corrected chi connectivity index (χ4v) is 5.71. The first-order valence-corrected chi connectivity index (χ1v) is 12.8. The first-order chi connectivity index (χ1) is 16.4. The monoisotopic (exact) mass is 488 g/mol. The molecule has 0 radical (unpaired) electrons. The van der Waals surface area contributed by atoms with Gasteiger partial charge in [0.15, 0.2) is 10.3 Å². The minimum Gasteiger partial charge on any atom is -0.347 e. The van der Waals surface area contributed by atoms with Crippen molar-refractivity contribution < 1.29 is 9.59 Å². The molecule has 3 aliphatic heterocycles. The molecule has 172 valence electrons. The molecule has 2 aromatic rings. The van der Waals surface area contributed by atoms with E-state index in [2.05, 4.69) is 19.8 Å². The summed E-state index contributed by atoms with van der Waals surface area (Å²) < 4.78 is 0. The molecule has 8 heteroatoms. The predicted molar refractivity (Wildman–Crippen MR) is 142 cm³/mol. The van der Waals surface area contributed by atoms with Crippen molar-refractivity contribution in [3.63, 3.8) is 0 Å². The summed E-state index contributed by atoms with van der Waals surface area (Å²) in [6.07, 6.45) is 3.80. The van der Waals surface area contributed by atoms with Crippen LogP contribution in [0.25, 0.3) is 12.2 Å². The van der Waals surface area contributed by atoms with E-state index < -0.39 is 0 Å². The number of rotatable bonds is 2. The van der Waals surface area contributed by atoms with E-state index in [4.69, 9.17) is 0 Å². The summed E-state index contributed by atoms with van der Waals surface area (Å²) in [6, 6.07) is 16.2. The molecule has 0 N–H and O–H groups in total. The molecule has 1 saturated heterocycles. The zero-order valence-corrected chi connectivity index (χ0v) is 20.7. The number of hydrogen-bond acceptors (Lipinski definition) is 6. The van der Waals surface area contributed by atoms with E-state index in [1.807, 2.05) is 74.5 Å². The van der Waals surface area contributed by atoms with Crippen molar-refractivity contribution in [3.05, 3.63) is 80.6 Å². The summed E-state index contributed by atoms with van der Waals surface area (Å²) in [5, 5.41) is 1.50. The van der Waals surface area contributed by atoms with Crippen LogP contribution in [0.4, 0.5) is 0 Å². The maximum atomic E-state index is 12.4. The number of nitrogens with zero attached hydrogens (tertiary/aromatic N) is 4. The summed E-state index contributed by atoms with van der Waals surface area (Å²) in [5.41, 5.74) is 4.37.